The molecule has 0 aliphatic rings. The van der Waals surface area contributed by atoms with E-state index in [1.807, 2.05) is 0 Å². The van der Waals surface area contributed by atoms with Gasteiger partial charge in [-0.15, -0.1) is 0 Å². The van der Waals surface area contributed by atoms with Gasteiger partial charge in [-0.25, -0.2) is 9.97 Å². The van der Waals surface area contributed by atoms with Crippen molar-refractivity contribution < 1.29 is 0 Å². The van der Waals surface area contributed by atoms with Gasteiger partial charge in [-0.1, -0.05) is 12.2 Å². The van der Waals surface area contributed by atoms with Gasteiger partial charge in [0.25, 0.3) is 0 Å². The number of nitrogens with two attached hydrogens (primary N) is 1. The Bertz CT molecular complexity index is 571. The van der Waals surface area contributed by atoms with Crippen LogP contribution in [0.3, 0.4) is 0 Å². The number of H-pyrrole nitrogens is 2. The van der Waals surface area contributed by atoms with Gasteiger partial charge in [0.15, 0.2) is 10.3 Å². The number of hydrogen-bond acceptors (Lipinski definition) is 6. The van der Waals surface area contributed by atoms with E-state index in [2.05, 4.69) is 31.7 Å². The third-order valence-corrected chi connectivity index (χ3v) is 1.62. The van der Waals surface area contributed by atoms with Crippen LogP contribution in [0.4, 0.5) is 5.95 Å². The summed E-state index contributed by atoms with van der Waals surface area (Å²) < 4.78 is 0.439. The molecule has 0 aliphatic heterocycles. The molecule has 0 fully saturated rings. The SMILES string of the molecule is N#P=S.Nc1nc(=S)c2[nH]cnc2[nH]1. The number of nitrogens with zero attached hydrogens (tertiary/aromatic N) is 3. The van der Waals surface area contributed by atoms with E-state index in [1.54, 1.807) is 0 Å². The van der Waals surface area contributed by atoms with Crippen LogP contribution in [0.5, 0.6) is 0 Å². The second kappa shape index (κ2) is 4.97. The molecule has 2 aromatic rings. The van der Waals surface area contributed by atoms with Crippen LogP contribution in [0.1, 0.15) is 0 Å². The van der Waals surface area contributed by atoms with Crippen LogP contribution in [0.15, 0.2) is 6.33 Å². The molecule has 0 bridgehead atoms. The van der Waals surface area contributed by atoms with Crippen molar-refractivity contribution in [2.24, 2.45) is 0 Å². The van der Waals surface area contributed by atoms with E-state index in [-0.39, 0.29) is 12.9 Å². The second-order valence-electron chi connectivity index (χ2n) is 2.13. The van der Waals surface area contributed by atoms with Crippen LogP contribution in [-0.2, 0) is 11.8 Å². The Morgan fingerprint density at radius 2 is 2.21 bits per heavy atom. The summed E-state index contributed by atoms with van der Waals surface area (Å²) in [7, 11) is 0. The van der Waals surface area contributed by atoms with E-state index in [0.717, 1.165) is 0 Å². The van der Waals surface area contributed by atoms with Crippen LogP contribution in [0, 0.1) is 9.64 Å². The van der Waals surface area contributed by atoms with Gasteiger partial charge in [-0.2, -0.15) is 0 Å². The predicted octanol–water partition coefficient (Wildman–Crippen LogP) is 1.47. The Balaban J connectivity index is 0.000000293. The molecule has 2 heterocycles. The normalized spacial score (nSPS) is 9.07. The number of hydrogen-bond donors (Lipinski definition) is 3. The van der Waals surface area contributed by atoms with Gasteiger partial charge in [0.05, 0.1) is 6.33 Å². The predicted molar refractivity (Wildman–Crippen MR) is 59.5 cm³/mol. The molecule has 0 radical (unpaired) electrons. The van der Waals surface area contributed by atoms with Gasteiger partial charge in [0.2, 0.25) is 5.95 Å². The molecule has 14 heavy (non-hydrogen) atoms. The van der Waals surface area contributed by atoms with Crippen molar-refractivity contribution in [3.05, 3.63) is 11.0 Å². The van der Waals surface area contributed by atoms with Gasteiger partial charge in [0, 0.05) is 0 Å². The van der Waals surface area contributed by atoms with Gasteiger partial charge in [0.1, 0.15) is 5.52 Å². The Morgan fingerprint density at radius 3 is 2.86 bits per heavy atom. The van der Waals surface area contributed by atoms with Gasteiger partial charge in [-0.05, 0) is 0 Å². The minimum atomic E-state index is 0. The van der Waals surface area contributed by atoms with Crippen molar-refractivity contribution >= 4 is 48.1 Å². The zero-order chi connectivity index (χ0) is 10.6. The third kappa shape index (κ3) is 2.46. The summed E-state index contributed by atoms with van der Waals surface area (Å²) >= 11 is 8.83. The maximum Gasteiger partial charge on any atom is 0.200 e. The fourth-order valence-corrected chi connectivity index (χ4v) is 1.12. The molecular weight excluding hydrogens is 239 g/mol. The minimum Gasteiger partial charge on any atom is -0.369 e. The molecule has 72 valence electrons. The Hall–Kier alpha value is -1.07. The monoisotopic (exact) mass is 244 g/mol. The summed E-state index contributed by atoms with van der Waals surface area (Å²) in [5.74, 6) is 0.287. The fourth-order valence-electron chi connectivity index (χ4n) is 0.867. The zero-order valence-electron chi connectivity index (χ0n) is 6.76. The maximum absolute atomic E-state index is 7.36. The van der Waals surface area contributed by atoms with Crippen molar-refractivity contribution in [3.63, 3.8) is 0 Å². The van der Waals surface area contributed by atoms with E-state index >= 15 is 0 Å². The number of imidazole rings is 1. The van der Waals surface area contributed by atoms with Crippen molar-refractivity contribution in [2.45, 2.75) is 0 Å². The standard InChI is InChI=1S/C5H5N5S.NPS/c6-5-9-3-2(4(11)10-5)7-1-8-3;1-2-3/h1H,(H4,6,7,8,9,10,11);. The van der Waals surface area contributed by atoms with Crippen molar-refractivity contribution in [2.75, 3.05) is 5.73 Å². The number of aromatic amines is 2. The number of fused-ring (bicyclic) bond motifs is 1. The molecule has 0 saturated heterocycles. The largest absolute Gasteiger partial charge is 0.369 e. The quantitative estimate of drug-likeness (QED) is 0.478. The Kier molecular flexibility index (Phi) is 3.91. The number of nitrogen functional groups attached to an aromatic ring is 1. The first-order valence-electron chi connectivity index (χ1n) is 3.34. The number of rotatable bonds is 0. The first kappa shape index (κ1) is 11.0. The zero-order valence-corrected chi connectivity index (χ0v) is 9.29. The van der Waals surface area contributed by atoms with Gasteiger partial charge in [-0.3, -0.25) is 0 Å². The van der Waals surface area contributed by atoms with Crippen LogP contribution >= 0.6 is 19.2 Å². The summed E-state index contributed by atoms with van der Waals surface area (Å²) in [6, 6.07) is 0. The first-order valence-corrected chi connectivity index (χ1v) is 5.61. The molecule has 0 spiro atoms. The van der Waals surface area contributed by atoms with Crippen LogP contribution in [0.25, 0.3) is 11.2 Å². The van der Waals surface area contributed by atoms with E-state index in [4.69, 9.17) is 23.0 Å². The fraction of sp³-hybridized carbons (Fsp3) is 0. The van der Waals surface area contributed by atoms with Crippen molar-refractivity contribution in [1.82, 2.24) is 19.9 Å². The Morgan fingerprint density at radius 1 is 1.57 bits per heavy atom. The molecule has 0 aromatic carbocycles. The average molecular weight is 244 g/mol. The summed E-state index contributed by atoms with van der Waals surface area (Å²) in [5, 5.41) is 7.36. The summed E-state index contributed by atoms with van der Waals surface area (Å²) in [5.41, 5.74) is 6.75. The number of aromatic nitrogens is 4. The molecule has 9 heteroatoms. The van der Waals surface area contributed by atoms with E-state index in [9.17, 15) is 0 Å². The smallest absolute Gasteiger partial charge is 0.200 e. The van der Waals surface area contributed by atoms with E-state index < -0.39 is 0 Å². The minimum absolute atomic E-state index is 0. The van der Waals surface area contributed by atoms with E-state index in [1.165, 1.54) is 6.33 Å². The van der Waals surface area contributed by atoms with E-state index in [0.29, 0.717) is 15.8 Å². The molecule has 0 amide bonds. The second-order valence-corrected chi connectivity index (χ2v) is 3.17. The Labute approximate surface area is 90.0 Å². The third-order valence-electron chi connectivity index (χ3n) is 1.32. The summed E-state index contributed by atoms with van der Waals surface area (Å²) in [6.07, 6.45) is 1.54. The molecule has 0 aliphatic carbocycles. The van der Waals surface area contributed by atoms with Crippen LogP contribution in [0.2, 0.25) is 0 Å². The van der Waals surface area contributed by atoms with Gasteiger partial charge < -0.3 is 15.7 Å². The molecule has 0 atom stereocenters. The molecule has 2 aromatic heterocycles. The average Bonchev–Trinajstić information content (AvgIpc) is 2.53. The first-order chi connectivity index (χ1) is 6.69. The molecule has 0 unspecified atom stereocenters. The number of nitrogens with one attached hydrogen (secondary N) is 2. The van der Waals surface area contributed by atoms with Crippen LogP contribution < -0.4 is 5.73 Å². The maximum atomic E-state index is 7.36. The number of anilines is 1. The molecule has 6 nitrogen and oxygen atoms in total. The summed E-state index contributed by atoms with van der Waals surface area (Å²) in [4.78, 5) is 13.4. The van der Waals surface area contributed by atoms with Gasteiger partial charge >= 0.3 is 23.8 Å². The van der Waals surface area contributed by atoms with Crippen LogP contribution in [-0.4, -0.2) is 19.9 Å². The molecular formula is C5H5N6PS2. The summed E-state index contributed by atoms with van der Waals surface area (Å²) in [6.45, 7) is 0. The molecule has 0 saturated carbocycles. The molecule has 4 N–H and O–H groups in total. The molecule has 2 rings (SSSR count). The van der Waals surface area contributed by atoms with Crippen molar-refractivity contribution in [1.29, 1.82) is 5.00 Å². The topological polar surface area (TPSA) is 107 Å². The van der Waals surface area contributed by atoms with Crippen molar-refractivity contribution in [3.8, 4) is 0 Å².